The smallest absolute Gasteiger partial charge is 0.325 e. The van der Waals surface area contributed by atoms with Gasteiger partial charge in [-0.05, 0) is 50.2 Å². The highest BCUT2D eigenvalue weighted by Gasteiger charge is 2.51. The van der Waals surface area contributed by atoms with Gasteiger partial charge < -0.3 is 9.73 Å². The van der Waals surface area contributed by atoms with Gasteiger partial charge in [0.2, 0.25) is 0 Å². The van der Waals surface area contributed by atoms with Gasteiger partial charge in [0.15, 0.2) is 11.3 Å². The molecule has 0 aliphatic carbocycles. The van der Waals surface area contributed by atoms with Crippen LogP contribution in [0, 0.1) is 12.7 Å². The van der Waals surface area contributed by atoms with Crippen LogP contribution in [0.15, 0.2) is 40.8 Å². The molecule has 0 saturated carbocycles. The molecule has 6 nitrogen and oxygen atoms in total. The second kappa shape index (κ2) is 5.59. The monoisotopic (exact) mass is 330 g/mol. The van der Waals surface area contributed by atoms with Gasteiger partial charge in [0.05, 0.1) is 6.54 Å². The van der Waals surface area contributed by atoms with Crippen molar-refractivity contribution in [1.29, 1.82) is 0 Å². The van der Waals surface area contributed by atoms with Gasteiger partial charge in [0.25, 0.3) is 5.91 Å². The minimum Gasteiger partial charge on any atom is -0.463 e. The molecule has 1 fully saturated rings. The quantitative estimate of drug-likeness (QED) is 0.689. The normalized spacial score (nSPS) is 20.4. The van der Waals surface area contributed by atoms with Crippen LogP contribution in [-0.4, -0.2) is 29.2 Å². The zero-order valence-electron chi connectivity index (χ0n) is 13.1. The summed E-state index contributed by atoms with van der Waals surface area (Å²) in [4.78, 5) is 37.9. The molecule has 3 rings (SSSR count). The summed E-state index contributed by atoms with van der Waals surface area (Å²) >= 11 is 0. The molecule has 1 aromatic heterocycles. The topological polar surface area (TPSA) is 79.6 Å². The molecule has 2 heterocycles. The molecule has 124 valence electrons. The van der Waals surface area contributed by atoms with E-state index in [4.69, 9.17) is 4.42 Å². The van der Waals surface area contributed by atoms with E-state index < -0.39 is 35.6 Å². The number of imide groups is 1. The molecule has 0 radical (unpaired) electrons. The lowest BCUT2D eigenvalue weighted by atomic mass is 9.99. The zero-order valence-corrected chi connectivity index (χ0v) is 13.1. The van der Waals surface area contributed by atoms with Crippen molar-refractivity contribution < 1.29 is 23.2 Å². The number of urea groups is 1. The van der Waals surface area contributed by atoms with Crippen LogP contribution in [0.1, 0.15) is 28.8 Å². The Morgan fingerprint density at radius 1 is 1.21 bits per heavy atom. The van der Waals surface area contributed by atoms with Gasteiger partial charge in [0, 0.05) is 5.56 Å². The highest BCUT2D eigenvalue weighted by atomic mass is 19.1. The zero-order chi connectivity index (χ0) is 17.5. The van der Waals surface area contributed by atoms with E-state index in [0.717, 1.165) is 17.0 Å². The van der Waals surface area contributed by atoms with Gasteiger partial charge in [-0.25, -0.2) is 9.18 Å². The molecular formula is C17H15FN2O4. The summed E-state index contributed by atoms with van der Waals surface area (Å²) in [5.74, 6) is -0.595. The molecule has 1 N–H and O–H groups in total. The fraction of sp³-hybridized carbons (Fsp3) is 0.235. The summed E-state index contributed by atoms with van der Waals surface area (Å²) < 4.78 is 18.4. The number of amides is 3. The highest BCUT2D eigenvalue weighted by Crippen LogP contribution is 2.30. The number of Topliss-reactive ketones (excluding diaryl/α,β-unsaturated/α-hetero) is 1. The number of rotatable bonds is 4. The molecule has 24 heavy (non-hydrogen) atoms. The van der Waals surface area contributed by atoms with Gasteiger partial charge in [-0.2, -0.15) is 0 Å². The standard InChI is InChI=1S/C17H15FN2O4/c1-10-3-8-14(24-10)17(2)15(22)20(16(23)19-17)9-13(21)11-4-6-12(18)7-5-11/h3-8H,9H2,1-2H3,(H,19,23)/t17-/m1/s1. The fourth-order valence-electron chi connectivity index (χ4n) is 2.58. The molecule has 7 heteroatoms. The van der Waals surface area contributed by atoms with E-state index in [1.807, 2.05) is 0 Å². The first kappa shape index (κ1) is 15.9. The number of furan rings is 1. The van der Waals surface area contributed by atoms with Crippen molar-refractivity contribution in [1.82, 2.24) is 10.2 Å². The Morgan fingerprint density at radius 2 is 1.88 bits per heavy atom. The first-order valence-corrected chi connectivity index (χ1v) is 7.31. The molecular weight excluding hydrogens is 315 g/mol. The Morgan fingerprint density at radius 3 is 2.46 bits per heavy atom. The number of carbonyl (C=O) groups is 3. The Hall–Kier alpha value is -2.96. The molecule has 1 aromatic carbocycles. The maximum Gasteiger partial charge on any atom is 0.325 e. The number of benzene rings is 1. The fourth-order valence-corrected chi connectivity index (χ4v) is 2.58. The lowest BCUT2D eigenvalue weighted by molar-refractivity contribution is -0.131. The summed E-state index contributed by atoms with van der Waals surface area (Å²) in [5.41, 5.74) is -1.13. The predicted molar refractivity (Wildman–Crippen MR) is 81.8 cm³/mol. The van der Waals surface area contributed by atoms with Gasteiger partial charge in [0.1, 0.15) is 17.3 Å². The van der Waals surface area contributed by atoms with E-state index in [-0.39, 0.29) is 5.56 Å². The van der Waals surface area contributed by atoms with E-state index >= 15 is 0 Å². The molecule has 0 bridgehead atoms. The number of nitrogens with one attached hydrogen (secondary N) is 1. The largest absolute Gasteiger partial charge is 0.463 e. The van der Waals surface area contributed by atoms with Crippen molar-refractivity contribution in [3.05, 3.63) is 59.3 Å². The second-order valence-electron chi connectivity index (χ2n) is 5.79. The Bertz CT molecular complexity index is 827. The SMILES string of the molecule is Cc1ccc([C@@]2(C)NC(=O)N(CC(=O)c3ccc(F)cc3)C2=O)o1. The molecule has 1 atom stereocenters. The molecule has 1 aliphatic heterocycles. The molecule has 2 aromatic rings. The van der Waals surface area contributed by atoms with Crippen molar-refractivity contribution in [3.8, 4) is 0 Å². The van der Waals surface area contributed by atoms with Gasteiger partial charge >= 0.3 is 6.03 Å². The minimum absolute atomic E-state index is 0.222. The first-order valence-electron chi connectivity index (χ1n) is 7.31. The molecule has 1 saturated heterocycles. The third-order valence-corrected chi connectivity index (χ3v) is 3.98. The number of nitrogens with zero attached hydrogens (tertiary/aromatic N) is 1. The lowest BCUT2D eigenvalue weighted by Gasteiger charge is -2.18. The van der Waals surface area contributed by atoms with Crippen LogP contribution in [0.25, 0.3) is 0 Å². The molecule has 3 amide bonds. The average molecular weight is 330 g/mol. The van der Waals surface area contributed by atoms with Crippen molar-refractivity contribution in [3.63, 3.8) is 0 Å². The van der Waals surface area contributed by atoms with Crippen LogP contribution in [-0.2, 0) is 10.3 Å². The maximum absolute atomic E-state index is 12.9. The van der Waals surface area contributed by atoms with E-state index in [1.165, 1.54) is 19.1 Å². The number of hydrogen-bond donors (Lipinski definition) is 1. The number of carbonyl (C=O) groups excluding carboxylic acids is 3. The van der Waals surface area contributed by atoms with E-state index in [2.05, 4.69) is 5.32 Å². The van der Waals surface area contributed by atoms with Crippen molar-refractivity contribution in [2.75, 3.05) is 6.54 Å². The molecule has 1 aliphatic rings. The number of ketones is 1. The van der Waals surface area contributed by atoms with E-state index in [9.17, 15) is 18.8 Å². The number of hydrogen-bond acceptors (Lipinski definition) is 4. The third kappa shape index (κ3) is 2.58. The minimum atomic E-state index is -1.35. The number of halogens is 1. The summed E-state index contributed by atoms with van der Waals surface area (Å²) in [6, 6.07) is 7.54. The predicted octanol–water partition coefficient (Wildman–Crippen LogP) is 2.38. The van der Waals surface area contributed by atoms with Gasteiger partial charge in [-0.15, -0.1) is 0 Å². The maximum atomic E-state index is 12.9. The van der Waals surface area contributed by atoms with Crippen LogP contribution >= 0.6 is 0 Å². The summed E-state index contributed by atoms with van der Waals surface area (Å²) in [6.07, 6.45) is 0. The van der Waals surface area contributed by atoms with Crippen molar-refractivity contribution in [2.24, 2.45) is 0 Å². The lowest BCUT2D eigenvalue weighted by Crippen LogP contribution is -2.41. The van der Waals surface area contributed by atoms with E-state index in [1.54, 1.807) is 19.1 Å². The number of aryl methyl sites for hydroxylation is 1. The highest BCUT2D eigenvalue weighted by molar-refractivity contribution is 6.11. The Balaban J connectivity index is 1.82. The molecule has 0 unspecified atom stereocenters. The summed E-state index contributed by atoms with van der Waals surface area (Å²) in [6.45, 7) is 2.82. The van der Waals surface area contributed by atoms with Gasteiger partial charge in [-0.1, -0.05) is 0 Å². The Labute approximate surface area is 137 Å². The van der Waals surface area contributed by atoms with Crippen LogP contribution < -0.4 is 5.32 Å². The third-order valence-electron chi connectivity index (χ3n) is 3.98. The average Bonchev–Trinajstić information content (AvgIpc) is 3.06. The van der Waals surface area contributed by atoms with Crippen LogP contribution in [0.4, 0.5) is 9.18 Å². The summed E-state index contributed by atoms with van der Waals surface area (Å²) in [5, 5.41) is 2.56. The molecule has 0 spiro atoms. The summed E-state index contributed by atoms with van der Waals surface area (Å²) in [7, 11) is 0. The van der Waals surface area contributed by atoms with Crippen molar-refractivity contribution >= 4 is 17.7 Å². The van der Waals surface area contributed by atoms with Crippen molar-refractivity contribution in [2.45, 2.75) is 19.4 Å². The van der Waals surface area contributed by atoms with Crippen LogP contribution in [0.3, 0.4) is 0 Å². The van der Waals surface area contributed by atoms with Gasteiger partial charge in [-0.3, -0.25) is 14.5 Å². The Kier molecular flexibility index (Phi) is 3.71. The van der Waals surface area contributed by atoms with Crippen LogP contribution in [0.5, 0.6) is 0 Å². The van der Waals surface area contributed by atoms with E-state index in [0.29, 0.717) is 11.5 Å². The first-order chi connectivity index (χ1) is 11.3. The second-order valence-corrected chi connectivity index (χ2v) is 5.79. The van der Waals surface area contributed by atoms with Crippen LogP contribution in [0.2, 0.25) is 0 Å².